The normalized spacial score (nSPS) is 12.2. The molecule has 0 spiro atoms. The van der Waals surface area contributed by atoms with Crippen molar-refractivity contribution in [2.45, 2.75) is 13.0 Å². The van der Waals surface area contributed by atoms with Gasteiger partial charge in [0.25, 0.3) is 5.91 Å². The quantitative estimate of drug-likeness (QED) is 0.902. The molecular weight excluding hydrogens is 297 g/mol. The number of carboxylic acids is 1. The average molecular weight is 303 g/mol. The predicted molar refractivity (Wildman–Crippen MR) is 63.9 cm³/mol. The lowest BCUT2D eigenvalue weighted by Crippen LogP contribution is -2.38. The predicted octanol–water partition coefficient (Wildman–Crippen LogP) is 2.91. The molecule has 0 saturated heterocycles. The van der Waals surface area contributed by atoms with Gasteiger partial charge in [0, 0.05) is 0 Å². The van der Waals surface area contributed by atoms with Crippen LogP contribution in [0.15, 0.2) is 0 Å². The van der Waals surface area contributed by atoms with E-state index in [2.05, 4.69) is 5.32 Å². The number of carbonyl (C=O) groups excluding carboxylic acids is 1. The first kappa shape index (κ1) is 13.6. The summed E-state index contributed by atoms with van der Waals surface area (Å²) in [5.41, 5.74) is 0. The summed E-state index contributed by atoms with van der Waals surface area (Å²) in [6, 6.07) is -1.01. The minimum absolute atomic E-state index is 0.0340. The van der Waals surface area contributed by atoms with Crippen molar-refractivity contribution in [1.29, 1.82) is 0 Å². The highest BCUT2D eigenvalue weighted by atomic mass is 35.5. The standard InChI is InChI=1S/C8H6Cl3NO3S/c1-2(8(14)15)12-7(13)5-3(9)4(10)6(11)16-5/h2H,1H3,(H,12,13)(H,14,15)/t2-/m0/s1. The number of hydrogen-bond acceptors (Lipinski definition) is 3. The summed E-state index contributed by atoms with van der Waals surface area (Å²) in [7, 11) is 0. The number of amides is 1. The molecule has 0 unspecified atom stereocenters. The van der Waals surface area contributed by atoms with Crippen molar-refractivity contribution < 1.29 is 14.7 Å². The van der Waals surface area contributed by atoms with E-state index in [4.69, 9.17) is 39.9 Å². The van der Waals surface area contributed by atoms with E-state index in [9.17, 15) is 9.59 Å². The summed E-state index contributed by atoms with van der Waals surface area (Å²) in [6.07, 6.45) is 0. The van der Waals surface area contributed by atoms with Gasteiger partial charge in [-0.2, -0.15) is 0 Å². The fourth-order valence-corrected chi connectivity index (χ4v) is 2.54. The van der Waals surface area contributed by atoms with Crippen molar-refractivity contribution in [2.75, 3.05) is 0 Å². The molecule has 8 heteroatoms. The number of carbonyl (C=O) groups is 2. The van der Waals surface area contributed by atoms with Crippen LogP contribution >= 0.6 is 46.1 Å². The van der Waals surface area contributed by atoms with E-state index in [1.807, 2.05) is 0 Å². The molecular formula is C8H6Cl3NO3S. The van der Waals surface area contributed by atoms with Gasteiger partial charge in [0.1, 0.15) is 15.3 Å². The third-order valence-corrected chi connectivity index (χ3v) is 4.25. The van der Waals surface area contributed by atoms with Gasteiger partial charge in [-0.25, -0.2) is 0 Å². The molecule has 1 atom stereocenters. The average Bonchev–Trinajstić information content (AvgIpc) is 2.45. The Morgan fingerprint density at radius 1 is 1.31 bits per heavy atom. The topological polar surface area (TPSA) is 66.4 Å². The number of hydrogen-bond donors (Lipinski definition) is 2. The largest absolute Gasteiger partial charge is 0.480 e. The van der Waals surface area contributed by atoms with E-state index in [1.54, 1.807) is 0 Å². The third kappa shape index (κ3) is 2.79. The molecule has 0 bridgehead atoms. The Bertz CT molecular complexity index is 446. The van der Waals surface area contributed by atoms with Crippen LogP contribution in [-0.2, 0) is 4.79 Å². The molecule has 0 aromatic carbocycles. The highest BCUT2D eigenvalue weighted by Crippen LogP contribution is 2.40. The zero-order chi connectivity index (χ0) is 12.5. The molecule has 88 valence electrons. The SMILES string of the molecule is C[C@H](NC(=O)c1sc(Cl)c(Cl)c1Cl)C(=O)O. The zero-order valence-electron chi connectivity index (χ0n) is 7.88. The van der Waals surface area contributed by atoms with Crippen LogP contribution in [0.3, 0.4) is 0 Å². The number of halogens is 3. The Balaban J connectivity index is 2.89. The van der Waals surface area contributed by atoms with Crippen LogP contribution in [0.4, 0.5) is 0 Å². The Labute approximate surface area is 110 Å². The lowest BCUT2D eigenvalue weighted by molar-refractivity contribution is -0.138. The molecule has 0 aliphatic carbocycles. The van der Waals surface area contributed by atoms with Crippen molar-refractivity contribution in [2.24, 2.45) is 0 Å². The molecule has 0 fully saturated rings. The van der Waals surface area contributed by atoms with Crippen LogP contribution < -0.4 is 5.32 Å². The summed E-state index contributed by atoms with van der Waals surface area (Å²) >= 11 is 18.0. The molecule has 1 amide bonds. The van der Waals surface area contributed by atoms with Crippen LogP contribution in [0.1, 0.15) is 16.6 Å². The third-order valence-electron chi connectivity index (χ3n) is 1.68. The van der Waals surface area contributed by atoms with Gasteiger partial charge >= 0.3 is 5.97 Å². The van der Waals surface area contributed by atoms with Gasteiger partial charge in [-0.05, 0) is 6.92 Å². The first-order valence-corrected chi connectivity index (χ1v) is 5.96. The van der Waals surface area contributed by atoms with E-state index >= 15 is 0 Å². The summed E-state index contributed by atoms with van der Waals surface area (Å²) < 4.78 is 0.194. The molecule has 1 aromatic heterocycles. The number of carboxylic acid groups (broad SMARTS) is 1. The second kappa shape index (κ2) is 5.23. The molecule has 0 saturated carbocycles. The molecule has 4 nitrogen and oxygen atoms in total. The van der Waals surface area contributed by atoms with Gasteiger partial charge in [-0.3, -0.25) is 9.59 Å². The maximum absolute atomic E-state index is 11.6. The van der Waals surface area contributed by atoms with Crippen LogP contribution in [0, 0.1) is 0 Å². The molecule has 1 aromatic rings. The van der Waals surface area contributed by atoms with Gasteiger partial charge in [-0.1, -0.05) is 34.8 Å². The molecule has 0 radical (unpaired) electrons. The fourth-order valence-electron chi connectivity index (χ4n) is 0.835. The monoisotopic (exact) mass is 301 g/mol. The summed E-state index contributed by atoms with van der Waals surface area (Å²) in [6.45, 7) is 1.34. The van der Waals surface area contributed by atoms with Crippen molar-refractivity contribution >= 4 is 58.0 Å². The van der Waals surface area contributed by atoms with Crippen molar-refractivity contribution in [1.82, 2.24) is 5.32 Å². The summed E-state index contributed by atoms with van der Waals surface area (Å²) in [5.74, 6) is -1.75. The van der Waals surface area contributed by atoms with Gasteiger partial charge in [0.05, 0.1) is 10.0 Å². The Morgan fingerprint density at radius 3 is 2.25 bits per heavy atom. The Morgan fingerprint density at radius 2 is 1.88 bits per heavy atom. The molecule has 0 aliphatic heterocycles. The van der Waals surface area contributed by atoms with Gasteiger partial charge in [-0.15, -0.1) is 11.3 Å². The number of thiophene rings is 1. The van der Waals surface area contributed by atoms with Crippen molar-refractivity contribution in [3.8, 4) is 0 Å². The number of nitrogens with one attached hydrogen (secondary N) is 1. The second-order valence-corrected chi connectivity index (χ2v) is 5.24. The van der Waals surface area contributed by atoms with Crippen LogP contribution in [0.2, 0.25) is 14.4 Å². The summed E-state index contributed by atoms with van der Waals surface area (Å²) in [4.78, 5) is 22.2. The van der Waals surface area contributed by atoms with Crippen LogP contribution in [0.25, 0.3) is 0 Å². The number of aliphatic carboxylic acids is 1. The highest BCUT2D eigenvalue weighted by Gasteiger charge is 2.22. The minimum Gasteiger partial charge on any atom is -0.480 e. The van der Waals surface area contributed by atoms with E-state index in [0.29, 0.717) is 0 Å². The smallest absolute Gasteiger partial charge is 0.325 e. The fraction of sp³-hybridized carbons (Fsp3) is 0.250. The van der Waals surface area contributed by atoms with Crippen molar-refractivity contribution in [3.05, 3.63) is 19.3 Å². The second-order valence-electron chi connectivity index (χ2n) is 2.87. The van der Waals surface area contributed by atoms with Gasteiger partial charge < -0.3 is 10.4 Å². The highest BCUT2D eigenvalue weighted by molar-refractivity contribution is 7.19. The molecule has 16 heavy (non-hydrogen) atoms. The van der Waals surface area contributed by atoms with E-state index < -0.39 is 17.9 Å². The van der Waals surface area contributed by atoms with Crippen LogP contribution in [0.5, 0.6) is 0 Å². The first-order chi connectivity index (χ1) is 7.34. The summed E-state index contributed by atoms with van der Waals surface area (Å²) in [5, 5.41) is 11.0. The van der Waals surface area contributed by atoms with E-state index in [-0.39, 0.29) is 19.3 Å². The van der Waals surface area contributed by atoms with E-state index in [0.717, 1.165) is 11.3 Å². The lowest BCUT2D eigenvalue weighted by Gasteiger charge is -2.07. The zero-order valence-corrected chi connectivity index (χ0v) is 11.0. The maximum atomic E-state index is 11.6. The Kier molecular flexibility index (Phi) is 4.43. The minimum atomic E-state index is -1.14. The maximum Gasteiger partial charge on any atom is 0.325 e. The molecule has 0 aliphatic rings. The number of rotatable bonds is 3. The lowest BCUT2D eigenvalue weighted by atomic mass is 10.3. The Hall–Kier alpha value is -0.490. The molecule has 1 heterocycles. The molecule has 1 rings (SSSR count). The van der Waals surface area contributed by atoms with E-state index in [1.165, 1.54) is 6.92 Å². The first-order valence-electron chi connectivity index (χ1n) is 4.01. The van der Waals surface area contributed by atoms with Gasteiger partial charge in [0.15, 0.2) is 0 Å². The van der Waals surface area contributed by atoms with Gasteiger partial charge in [0.2, 0.25) is 0 Å². The van der Waals surface area contributed by atoms with Crippen LogP contribution in [-0.4, -0.2) is 23.0 Å². The molecule has 2 N–H and O–H groups in total. The van der Waals surface area contributed by atoms with Crippen molar-refractivity contribution in [3.63, 3.8) is 0 Å².